The lowest BCUT2D eigenvalue weighted by atomic mass is 10.1. The fraction of sp³-hybridized carbons (Fsp3) is 0.533. The summed E-state index contributed by atoms with van der Waals surface area (Å²) in [5.74, 6) is -0.890. The third kappa shape index (κ3) is 3.96. The number of nitrogens with one attached hydrogen (secondary N) is 1. The summed E-state index contributed by atoms with van der Waals surface area (Å²) < 4.78 is 5.77. The number of aromatic carboxylic acids is 1. The molecule has 0 aliphatic heterocycles. The Morgan fingerprint density at radius 3 is 2.79 bits per heavy atom. The van der Waals surface area contributed by atoms with Gasteiger partial charge in [-0.05, 0) is 43.5 Å². The van der Waals surface area contributed by atoms with Crippen molar-refractivity contribution in [3.63, 3.8) is 0 Å². The van der Waals surface area contributed by atoms with E-state index in [9.17, 15) is 4.79 Å². The van der Waals surface area contributed by atoms with Gasteiger partial charge in [0.2, 0.25) is 0 Å². The van der Waals surface area contributed by atoms with E-state index in [-0.39, 0.29) is 0 Å². The van der Waals surface area contributed by atoms with Gasteiger partial charge in [0.15, 0.2) is 0 Å². The van der Waals surface area contributed by atoms with Gasteiger partial charge in [-0.3, -0.25) is 0 Å². The molecule has 19 heavy (non-hydrogen) atoms. The smallest absolute Gasteiger partial charge is 0.335 e. The maximum atomic E-state index is 10.8. The van der Waals surface area contributed by atoms with Gasteiger partial charge in [-0.25, -0.2) is 4.79 Å². The first kappa shape index (κ1) is 13.9. The molecule has 4 heteroatoms. The summed E-state index contributed by atoms with van der Waals surface area (Å²) in [6, 6.07) is 5.12. The number of anilines is 1. The largest absolute Gasteiger partial charge is 0.478 e. The molecule has 2 rings (SSSR count). The summed E-state index contributed by atoms with van der Waals surface area (Å²) in [6.45, 7) is 3.36. The number of benzene rings is 1. The highest BCUT2D eigenvalue weighted by Crippen LogP contribution is 2.21. The van der Waals surface area contributed by atoms with Crippen LogP contribution in [0.15, 0.2) is 18.2 Å². The highest BCUT2D eigenvalue weighted by atomic mass is 16.5. The lowest BCUT2D eigenvalue weighted by Gasteiger charge is -2.13. The summed E-state index contributed by atoms with van der Waals surface area (Å²) in [5, 5.41) is 12.2. The number of carboxylic acids is 1. The second kappa shape index (κ2) is 6.57. The zero-order valence-corrected chi connectivity index (χ0v) is 11.3. The van der Waals surface area contributed by atoms with Gasteiger partial charge in [-0.1, -0.05) is 12.8 Å². The Hall–Kier alpha value is -1.55. The lowest BCUT2D eigenvalue weighted by Crippen LogP contribution is -2.15. The van der Waals surface area contributed by atoms with Gasteiger partial charge in [0.25, 0.3) is 0 Å². The first-order chi connectivity index (χ1) is 9.16. The molecule has 1 aliphatic carbocycles. The third-order valence-electron chi connectivity index (χ3n) is 3.55. The molecule has 1 aromatic rings. The quantitative estimate of drug-likeness (QED) is 0.774. The van der Waals surface area contributed by atoms with Gasteiger partial charge in [-0.15, -0.1) is 0 Å². The van der Waals surface area contributed by atoms with E-state index in [0.717, 1.165) is 17.8 Å². The molecule has 0 spiro atoms. The fourth-order valence-corrected chi connectivity index (χ4v) is 2.46. The molecule has 0 saturated heterocycles. The van der Waals surface area contributed by atoms with Gasteiger partial charge in [0.05, 0.1) is 18.3 Å². The molecule has 0 heterocycles. The Morgan fingerprint density at radius 1 is 1.42 bits per heavy atom. The van der Waals surface area contributed by atoms with Crippen molar-refractivity contribution in [3.8, 4) is 0 Å². The SMILES string of the molecule is Cc1cc(C(=O)O)ccc1NCCOC1CCCC1. The molecule has 0 unspecified atom stereocenters. The van der Waals surface area contributed by atoms with Crippen molar-refractivity contribution >= 4 is 11.7 Å². The zero-order valence-electron chi connectivity index (χ0n) is 11.3. The van der Waals surface area contributed by atoms with Gasteiger partial charge in [0.1, 0.15) is 0 Å². The van der Waals surface area contributed by atoms with E-state index >= 15 is 0 Å². The minimum absolute atomic E-state index is 0.324. The Labute approximate surface area is 113 Å². The molecule has 0 aromatic heterocycles. The van der Waals surface area contributed by atoms with Crippen LogP contribution in [0.1, 0.15) is 41.6 Å². The summed E-state index contributed by atoms with van der Waals surface area (Å²) in [7, 11) is 0. The summed E-state index contributed by atoms with van der Waals surface area (Å²) >= 11 is 0. The third-order valence-corrected chi connectivity index (χ3v) is 3.55. The predicted molar refractivity (Wildman–Crippen MR) is 74.8 cm³/mol. The van der Waals surface area contributed by atoms with E-state index in [1.54, 1.807) is 12.1 Å². The number of hydrogen-bond acceptors (Lipinski definition) is 3. The van der Waals surface area contributed by atoms with Gasteiger partial charge in [0, 0.05) is 12.2 Å². The highest BCUT2D eigenvalue weighted by Gasteiger charge is 2.14. The van der Waals surface area contributed by atoms with Crippen molar-refractivity contribution in [1.29, 1.82) is 0 Å². The van der Waals surface area contributed by atoms with Crippen LogP contribution in [0, 0.1) is 6.92 Å². The van der Waals surface area contributed by atoms with Crippen LogP contribution in [0.5, 0.6) is 0 Å². The van der Waals surface area contributed by atoms with Gasteiger partial charge >= 0.3 is 5.97 Å². The molecule has 0 radical (unpaired) electrons. The van der Waals surface area contributed by atoms with E-state index < -0.39 is 5.97 Å². The summed E-state index contributed by atoms with van der Waals surface area (Å²) in [5.41, 5.74) is 2.24. The minimum Gasteiger partial charge on any atom is -0.478 e. The minimum atomic E-state index is -0.890. The number of carboxylic acid groups (broad SMARTS) is 1. The van der Waals surface area contributed by atoms with Crippen molar-refractivity contribution in [2.45, 2.75) is 38.7 Å². The van der Waals surface area contributed by atoms with Crippen LogP contribution in [-0.4, -0.2) is 30.3 Å². The Kier molecular flexibility index (Phi) is 4.80. The van der Waals surface area contributed by atoms with E-state index in [2.05, 4.69) is 5.32 Å². The van der Waals surface area contributed by atoms with Crippen LogP contribution in [0.3, 0.4) is 0 Å². The summed E-state index contributed by atoms with van der Waals surface area (Å²) in [6.07, 6.45) is 5.39. The number of ether oxygens (including phenoxy) is 1. The molecular weight excluding hydrogens is 242 g/mol. The van der Waals surface area contributed by atoms with Crippen molar-refractivity contribution in [3.05, 3.63) is 29.3 Å². The Bertz CT molecular complexity index is 439. The number of carbonyl (C=O) groups is 1. The fourth-order valence-electron chi connectivity index (χ4n) is 2.46. The number of aryl methyl sites for hydroxylation is 1. The molecular formula is C15H21NO3. The van der Waals surface area contributed by atoms with Crippen LogP contribution in [0.25, 0.3) is 0 Å². The van der Waals surface area contributed by atoms with Crippen LogP contribution in [-0.2, 0) is 4.74 Å². The molecule has 4 nitrogen and oxygen atoms in total. The second-order valence-corrected chi connectivity index (χ2v) is 5.04. The van der Waals surface area contributed by atoms with Crippen molar-refractivity contribution in [1.82, 2.24) is 0 Å². The van der Waals surface area contributed by atoms with Gasteiger partial charge < -0.3 is 15.2 Å². The first-order valence-corrected chi connectivity index (χ1v) is 6.86. The summed E-state index contributed by atoms with van der Waals surface area (Å²) in [4.78, 5) is 10.8. The lowest BCUT2D eigenvalue weighted by molar-refractivity contribution is 0.0658. The normalized spacial score (nSPS) is 15.6. The van der Waals surface area contributed by atoms with E-state index in [0.29, 0.717) is 18.3 Å². The Balaban J connectivity index is 1.77. The van der Waals surface area contributed by atoms with Crippen molar-refractivity contribution < 1.29 is 14.6 Å². The Morgan fingerprint density at radius 2 is 2.16 bits per heavy atom. The van der Waals surface area contributed by atoms with Crippen LogP contribution < -0.4 is 5.32 Å². The maximum absolute atomic E-state index is 10.8. The molecule has 0 amide bonds. The highest BCUT2D eigenvalue weighted by molar-refractivity contribution is 5.88. The zero-order chi connectivity index (χ0) is 13.7. The standard InChI is InChI=1S/C15H21NO3/c1-11-10-12(15(17)18)6-7-14(11)16-8-9-19-13-4-2-3-5-13/h6-7,10,13,16H,2-5,8-9H2,1H3,(H,17,18). The molecule has 0 bridgehead atoms. The molecule has 1 aliphatic rings. The van der Waals surface area contributed by atoms with E-state index in [1.165, 1.54) is 25.7 Å². The average molecular weight is 263 g/mol. The van der Waals surface area contributed by atoms with Crippen LogP contribution in [0.4, 0.5) is 5.69 Å². The molecule has 1 saturated carbocycles. The average Bonchev–Trinajstić information content (AvgIpc) is 2.89. The van der Waals surface area contributed by atoms with Crippen molar-refractivity contribution in [2.75, 3.05) is 18.5 Å². The van der Waals surface area contributed by atoms with Crippen molar-refractivity contribution in [2.24, 2.45) is 0 Å². The molecule has 0 atom stereocenters. The van der Waals surface area contributed by atoms with Crippen LogP contribution in [0.2, 0.25) is 0 Å². The maximum Gasteiger partial charge on any atom is 0.335 e. The monoisotopic (exact) mass is 263 g/mol. The predicted octanol–water partition coefficient (Wildman–Crippen LogP) is 3.06. The van der Waals surface area contributed by atoms with E-state index in [4.69, 9.17) is 9.84 Å². The van der Waals surface area contributed by atoms with Crippen LogP contribution >= 0.6 is 0 Å². The molecule has 1 fully saturated rings. The topological polar surface area (TPSA) is 58.6 Å². The number of rotatable bonds is 6. The molecule has 104 valence electrons. The second-order valence-electron chi connectivity index (χ2n) is 5.04. The first-order valence-electron chi connectivity index (χ1n) is 6.86. The van der Waals surface area contributed by atoms with Gasteiger partial charge in [-0.2, -0.15) is 0 Å². The molecule has 2 N–H and O–H groups in total. The number of hydrogen-bond donors (Lipinski definition) is 2. The molecule has 1 aromatic carbocycles. The van der Waals surface area contributed by atoms with E-state index in [1.807, 2.05) is 13.0 Å².